The van der Waals surface area contributed by atoms with Crippen molar-refractivity contribution < 1.29 is 19.2 Å². The Morgan fingerprint density at radius 2 is 2.10 bits per heavy atom. The SMILES string of the molecule is O=C([O-])C=[N+]1CCOCC1. The number of carboxylic acid groups (broad SMARTS) is 1. The van der Waals surface area contributed by atoms with Crippen LogP contribution in [0.1, 0.15) is 0 Å². The highest BCUT2D eigenvalue weighted by atomic mass is 16.5. The molecule has 0 saturated carbocycles. The minimum atomic E-state index is -1.14. The summed E-state index contributed by atoms with van der Waals surface area (Å²) in [4.78, 5) is 10.0. The summed E-state index contributed by atoms with van der Waals surface area (Å²) in [5.41, 5.74) is 0. The van der Waals surface area contributed by atoms with Crippen LogP contribution >= 0.6 is 0 Å². The topological polar surface area (TPSA) is 52.4 Å². The second-order valence-electron chi connectivity index (χ2n) is 2.10. The summed E-state index contributed by atoms with van der Waals surface area (Å²) in [6, 6.07) is 0. The lowest BCUT2D eigenvalue weighted by Crippen LogP contribution is -2.35. The molecule has 4 nitrogen and oxygen atoms in total. The standard InChI is InChI=1S/C6H9NO3/c8-6(9)5-7-1-3-10-4-2-7/h5H,1-4H2. The van der Waals surface area contributed by atoms with Crippen LogP contribution in [0.15, 0.2) is 0 Å². The molecule has 1 heterocycles. The van der Waals surface area contributed by atoms with Gasteiger partial charge < -0.3 is 14.6 Å². The summed E-state index contributed by atoms with van der Waals surface area (Å²) < 4.78 is 6.69. The molecular weight excluding hydrogens is 134 g/mol. The molecule has 0 radical (unpaired) electrons. The van der Waals surface area contributed by atoms with Gasteiger partial charge in [-0.25, -0.2) is 4.58 Å². The van der Waals surface area contributed by atoms with E-state index in [4.69, 9.17) is 4.74 Å². The Morgan fingerprint density at radius 3 is 2.60 bits per heavy atom. The van der Waals surface area contributed by atoms with Crippen molar-refractivity contribution in [3.05, 3.63) is 0 Å². The molecule has 56 valence electrons. The van der Waals surface area contributed by atoms with E-state index in [9.17, 15) is 9.90 Å². The van der Waals surface area contributed by atoms with Gasteiger partial charge in [-0.05, 0) is 0 Å². The number of hydrogen-bond acceptors (Lipinski definition) is 3. The van der Waals surface area contributed by atoms with E-state index < -0.39 is 5.97 Å². The van der Waals surface area contributed by atoms with E-state index in [-0.39, 0.29) is 0 Å². The minimum absolute atomic E-state index is 0.601. The summed E-state index contributed by atoms with van der Waals surface area (Å²) >= 11 is 0. The van der Waals surface area contributed by atoms with Crippen molar-refractivity contribution in [2.45, 2.75) is 0 Å². The van der Waals surface area contributed by atoms with Gasteiger partial charge in [0.2, 0.25) is 0 Å². The number of rotatable bonds is 1. The first-order chi connectivity index (χ1) is 4.79. The van der Waals surface area contributed by atoms with Crippen molar-refractivity contribution in [3.8, 4) is 0 Å². The van der Waals surface area contributed by atoms with Gasteiger partial charge in [0.15, 0.2) is 19.3 Å². The lowest BCUT2D eigenvalue weighted by Gasteiger charge is -2.10. The first-order valence-electron chi connectivity index (χ1n) is 3.16. The smallest absolute Gasteiger partial charge is 0.186 e. The Morgan fingerprint density at radius 1 is 1.50 bits per heavy atom. The fourth-order valence-electron chi connectivity index (χ4n) is 0.856. The Labute approximate surface area is 58.7 Å². The summed E-state index contributed by atoms with van der Waals surface area (Å²) in [6.45, 7) is 2.50. The molecule has 0 bridgehead atoms. The zero-order valence-electron chi connectivity index (χ0n) is 5.58. The van der Waals surface area contributed by atoms with E-state index in [0.29, 0.717) is 26.3 Å². The fourth-order valence-corrected chi connectivity index (χ4v) is 0.856. The van der Waals surface area contributed by atoms with Crippen LogP contribution in [0.25, 0.3) is 0 Å². The number of hydrogen-bond donors (Lipinski definition) is 0. The van der Waals surface area contributed by atoms with Crippen LogP contribution in [0.4, 0.5) is 0 Å². The number of ether oxygens (including phenoxy) is 1. The summed E-state index contributed by atoms with van der Waals surface area (Å²) in [7, 11) is 0. The van der Waals surface area contributed by atoms with Crippen LogP contribution in [0.3, 0.4) is 0 Å². The van der Waals surface area contributed by atoms with Gasteiger partial charge in [0.25, 0.3) is 0 Å². The Hall–Kier alpha value is -0.900. The van der Waals surface area contributed by atoms with E-state index in [0.717, 1.165) is 6.21 Å². The third kappa shape index (κ3) is 2.14. The molecule has 0 atom stereocenters. The number of carboxylic acids is 1. The average molecular weight is 143 g/mol. The minimum Gasteiger partial charge on any atom is -0.540 e. The monoisotopic (exact) mass is 143 g/mol. The maximum Gasteiger partial charge on any atom is 0.186 e. The molecule has 1 rings (SSSR count). The van der Waals surface area contributed by atoms with Crippen LogP contribution in [0, 0.1) is 0 Å². The second kappa shape index (κ2) is 3.31. The predicted molar refractivity (Wildman–Crippen MR) is 31.9 cm³/mol. The summed E-state index contributed by atoms with van der Waals surface area (Å²) in [6.07, 6.45) is 1.09. The lowest BCUT2D eigenvalue weighted by atomic mass is 10.5. The molecule has 1 aliphatic rings. The highest BCUT2D eigenvalue weighted by Crippen LogP contribution is 1.86. The maximum atomic E-state index is 10.0. The van der Waals surface area contributed by atoms with Crippen molar-refractivity contribution in [2.75, 3.05) is 26.3 Å². The molecule has 0 unspecified atom stereocenters. The van der Waals surface area contributed by atoms with Crippen LogP contribution in [-0.2, 0) is 9.53 Å². The van der Waals surface area contributed by atoms with E-state index in [1.807, 2.05) is 0 Å². The van der Waals surface area contributed by atoms with Crippen molar-refractivity contribution in [1.82, 2.24) is 0 Å². The van der Waals surface area contributed by atoms with E-state index in [1.165, 1.54) is 0 Å². The number of morpholine rings is 1. The molecule has 1 fully saturated rings. The first kappa shape index (κ1) is 7.21. The molecule has 0 aromatic carbocycles. The van der Waals surface area contributed by atoms with Gasteiger partial charge in [0, 0.05) is 0 Å². The Balaban J connectivity index is 2.45. The van der Waals surface area contributed by atoms with Crippen LogP contribution < -0.4 is 5.11 Å². The van der Waals surface area contributed by atoms with Gasteiger partial charge >= 0.3 is 0 Å². The van der Waals surface area contributed by atoms with Crippen LogP contribution in [-0.4, -0.2) is 43.1 Å². The highest BCUT2D eigenvalue weighted by molar-refractivity contribution is 6.18. The second-order valence-corrected chi connectivity index (χ2v) is 2.10. The Bertz CT molecular complexity index is 156. The van der Waals surface area contributed by atoms with Gasteiger partial charge in [-0.2, -0.15) is 0 Å². The normalized spacial score (nSPS) is 18.6. The van der Waals surface area contributed by atoms with Crippen LogP contribution in [0.2, 0.25) is 0 Å². The molecule has 4 heteroatoms. The molecule has 0 aromatic heterocycles. The van der Waals surface area contributed by atoms with Crippen molar-refractivity contribution >= 4 is 12.2 Å². The first-order valence-corrected chi connectivity index (χ1v) is 3.16. The molecule has 1 aliphatic heterocycles. The third-order valence-electron chi connectivity index (χ3n) is 1.33. The number of carbonyl (C=O) groups is 1. The predicted octanol–water partition coefficient (Wildman–Crippen LogP) is -2.15. The number of carbonyl (C=O) groups excluding carboxylic acids is 1. The van der Waals surface area contributed by atoms with Crippen LogP contribution in [0.5, 0.6) is 0 Å². The maximum absolute atomic E-state index is 10.0. The number of aliphatic carboxylic acids is 1. The molecule has 1 saturated heterocycles. The summed E-state index contributed by atoms with van der Waals surface area (Å²) in [5, 5.41) is 10.0. The van der Waals surface area contributed by atoms with Gasteiger partial charge in [0.05, 0.1) is 0 Å². The summed E-state index contributed by atoms with van der Waals surface area (Å²) in [5.74, 6) is -1.14. The molecular formula is C6H9NO3. The fraction of sp³-hybridized carbons (Fsp3) is 0.667. The van der Waals surface area contributed by atoms with E-state index in [2.05, 4.69) is 0 Å². The third-order valence-corrected chi connectivity index (χ3v) is 1.33. The lowest BCUT2D eigenvalue weighted by molar-refractivity contribution is -0.545. The van der Waals surface area contributed by atoms with Gasteiger partial charge in [-0.15, -0.1) is 0 Å². The molecule has 10 heavy (non-hydrogen) atoms. The molecule has 0 N–H and O–H groups in total. The molecule has 0 spiro atoms. The van der Waals surface area contributed by atoms with Crippen molar-refractivity contribution in [1.29, 1.82) is 0 Å². The quantitative estimate of drug-likeness (QED) is 0.393. The molecule has 0 amide bonds. The van der Waals surface area contributed by atoms with Crippen molar-refractivity contribution in [3.63, 3.8) is 0 Å². The van der Waals surface area contributed by atoms with E-state index in [1.54, 1.807) is 4.58 Å². The Kier molecular flexibility index (Phi) is 2.39. The zero-order chi connectivity index (χ0) is 7.40. The highest BCUT2D eigenvalue weighted by Gasteiger charge is 2.09. The van der Waals surface area contributed by atoms with Gasteiger partial charge in [-0.3, -0.25) is 0 Å². The molecule has 0 aliphatic carbocycles. The van der Waals surface area contributed by atoms with Crippen molar-refractivity contribution in [2.24, 2.45) is 0 Å². The molecule has 0 aromatic rings. The zero-order valence-corrected chi connectivity index (χ0v) is 5.58. The van der Waals surface area contributed by atoms with E-state index >= 15 is 0 Å². The average Bonchev–Trinajstić information content (AvgIpc) is 1.88. The van der Waals surface area contributed by atoms with Gasteiger partial charge in [0.1, 0.15) is 19.2 Å². The van der Waals surface area contributed by atoms with Gasteiger partial charge in [-0.1, -0.05) is 0 Å². The number of nitrogens with zero attached hydrogens (tertiary/aromatic N) is 1. The largest absolute Gasteiger partial charge is 0.540 e.